The van der Waals surface area contributed by atoms with Gasteiger partial charge in [0.05, 0.1) is 22.6 Å². The van der Waals surface area contributed by atoms with Gasteiger partial charge in [0.1, 0.15) is 28.7 Å². The molecule has 0 fully saturated rings. The lowest BCUT2D eigenvalue weighted by atomic mass is 10.3. The number of aryl methyl sites for hydroxylation is 1. The number of nitrogens with zero attached hydrogens (tertiary/aromatic N) is 2. The van der Waals surface area contributed by atoms with Gasteiger partial charge in [-0.2, -0.15) is 5.10 Å². The fourth-order valence-corrected chi connectivity index (χ4v) is 3.77. The van der Waals surface area contributed by atoms with E-state index in [1.807, 2.05) is 0 Å². The van der Waals surface area contributed by atoms with Gasteiger partial charge in [0.2, 0.25) is 0 Å². The van der Waals surface area contributed by atoms with Gasteiger partial charge in [-0.15, -0.1) is 0 Å². The molecule has 0 aliphatic rings. The molecule has 0 bridgehead atoms. The second-order valence-corrected chi connectivity index (χ2v) is 8.14. The first-order valence-electron chi connectivity index (χ1n) is 9.02. The Morgan fingerprint density at radius 2 is 1.87 bits per heavy atom. The van der Waals surface area contributed by atoms with Gasteiger partial charge < -0.3 is 9.15 Å². The van der Waals surface area contributed by atoms with Crippen LogP contribution in [0.1, 0.15) is 18.4 Å². The molecule has 0 saturated heterocycles. The third-order valence-corrected chi connectivity index (χ3v) is 5.63. The van der Waals surface area contributed by atoms with Gasteiger partial charge in [-0.3, -0.25) is 20.3 Å². The number of nitro groups is 1. The van der Waals surface area contributed by atoms with Crippen molar-refractivity contribution in [3.63, 3.8) is 0 Å². The lowest BCUT2D eigenvalue weighted by molar-refractivity contribution is -0.384. The van der Waals surface area contributed by atoms with Crippen molar-refractivity contribution in [3.05, 3.63) is 76.2 Å². The van der Waals surface area contributed by atoms with E-state index in [1.165, 1.54) is 25.3 Å². The van der Waals surface area contributed by atoms with Crippen LogP contribution in [0.5, 0.6) is 5.75 Å². The van der Waals surface area contributed by atoms with Crippen LogP contribution in [0.3, 0.4) is 0 Å². The Kier molecular flexibility index (Phi) is 6.25. The van der Waals surface area contributed by atoms with Crippen molar-refractivity contribution >= 4 is 32.8 Å². The minimum Gasteiger partial charge on any atom is -0.495 e. The van der Waals surface area contributed by atoms with Gasteiger partial charge in [-0.1, -0.05) is 12.1 Å². The lowest BCUT2D eigenvalue weighted by Crippen LogP contribution is -2.14. The van der Waals surface area contributed by atoms with E-state index >= 15 is 0 Å². The van der Waals surface area contributed by atoms with E-state index < -0.39 is 20.6 Å². The maximum Gasteiger partial charge on any atom is 0.295 e. The molecule has 31 heavy (non-hydrogen) atoms. The average Bonchev–Trinajstić information content (AvgIpc) is 3.18. The predicted molar refractivity (Wildman–Crippen MR) is 116 cm³/mol. The molecule has 0 radical (unpaired) electrons. The van der Waals surface area contributed by atoms with Gasteiger partial charge in [-0.05, 0) is 50.2 Å². The zero-order valence-corrected chi connectivity index (χ0v) is 17.8. The first-order valence-corrected chi connectivity index (χ1v) is 10.5. The summed E-state index contributed by atoms with van der Waals surface area (Å²) in [6, 6.07) is 13.4. The molecule has 0 aliphatic carbocycles. The molecule has 1 aromatic heterocycles. The molecule has 2 N–H and O–H groups in total. The maximum absolute atomic E-state index is 12.8. The third kappa shape index (κ3) is 5.01. The van der Waals surface area contributed by atoms with E-state index in [0.717, 1.165) is 6.07 Å². The van der Waals surface area contributed by atoms with E-state index in [1.54, 1.807) is 44.2 Å². The Hall–Kier alpha value is -3.86. The van der Waals surface area contributed by atoms with Crippen molar-refractivity contribution in [1.29, 1.82) is 0 Å². The highest BCUT2D eigenvalue weighted by molar-refractivity contribution is 7.92. The molecule has 10 nitrogen and oxygen atoms in total. The highest BCUT2D eigenvalue weighted by atomic mass is 32.2. The van der Waals surface area contributed by atoms with E-state index in [9.17, 15) is 18.5 Å². The zero-order chi connectivity index (χ0) is 22.6. The number of hydrazone groups is 1. The molecule has 0 spiro atoms. The van der Waals surface area contributed by atoms with E-state index in [4.69, 9.17) is 9.15 Å². The number of furan rings is 1. The fourth-order valence-electron chi connectivity index (χ4n) is 2.69. The maximum atomic E-state index is 12.8. The topological polar surface area (TPSA) is 136 Å². The monoisotopic (exact) mass is 444 g/mol. The van der Waals surface area contributed by atoms with Gasteiger partial charge in [-0.25, -0.2) is 8.42 Å². The lowest BCUT2D eigenvalue weighted by Gasteiger charge is -2.12. The molecule has 0 saturated carbocycles. The average molecular weight is 444 g/mol. The number of sulfonamides is 1. The number of benzene rings is 2. The molecule has 0 unspecified atom stereocenters. The number of hydrogen-bond acceptors (Lipinski definition) is 8. The van der Waals surface area contributed by atoms with Crippen molar-refractivity contribution in [2.45, 2.75) is 18.7 Å². The number of nitrogens with one attached hydrogen (secondary N) is 2. The number of ether oxygens (including phenoxy) is 1. The summed E-state index contributed by atoms with van der Waals surface area (Å²) in [4.78, 5) is 10.6. The second kappa shape index (κ2) is 8.88. The SMILES string of the molecule is COc1ccccc1NS(=O)(=O)c1ccc(N/N=C(/C)c2ccc(C)o2)c([N+](=O)[O-])c1. The quantitative estimate of drug-likeness (QED) is 0.303. The molecule has 3 aromatic rings. The van der Waals surface area contributed by atoms with Gasteiger partial charge >= 0.3 is 0 Å². The van der Waals surface area contributed by atoms with E-state index in [2.05, 4.69) is 15.2 Å². The Bertz CT molecular complexity index is 1250. The van der Waals surface area contributed by atoms with Crippen LogP contribution in [-0.4, -0.2) is 26.2 Å². The van der Waals surface area contributed by atoms with E-state index in [0.29, 0.717) is 23.0 Å². The summed E-state index contributed by atoms with van der Waals surface area (Å²) in [6.07, 6.45) is 0. The van der Waals surface area contributed by atoms with Crippen LogP contribution in [-0.2, 0) is 10.0 Å². The number of rotatable bonds is 8. The highest BCUT2D eigenvalue weighted by Crippen LogP contribution is 2.30. The summed E-state index contributed by atoms with van der Waals surface area (Å²) in [5, 5.41) is 15.6. The summed E-state index contributed by atoms with van der Waals surface area (Å²) in [7, 11) is -2.70. The van der Waals surface area contributed by atoms with Crippen molar-refractivity contribution < 1.29 is 22.5 Å². The van der Waals surface area contributed by atoms with Crippen LogP contribution >= 0.6 is 0 Å². The third-order valence-electron chi connectivity index (χ3n) is 4.27. The summed E-state index contributed by atoms with van der Waals surface area (Å²) in [6.45, 7) is 3.46. The number of anilines is 2. The molecular weight excluding hydrogens is 424 g/mol. The first kappa shape index (κ1) is 21.8. The summed E-state index contributed by atoms with van der Waals surface area (Å²) >= 11 is 0. The standard InChI is InChI=1S/C20H20N4O6S/c1-13-8-11-19(30-13)14(2)21-22-16-10-9-15(12-18(16)24(25)26)31(27,28)23-17-6-4-5-7-20(17)29-3/h4-12,22-23H,1-3H3/b21-14-. The number of methoxy groups -OCH3 is 1. The van der Waals surface area contributed by atoms with Crippen LogP contribution < -0.4 is 14.9 Å². The Balaban J connectivity index is 1.90. The minimum absolute atomic E-state index is 0.0314. The van der Waals surface area contributed by atoms with Crippen LogP contribution in [0.15, 0.2) is 69.0 Å². The van der Waals surface area contributed by atoms with Crippen LogP contribution in [0.2, 0.25) is 0 Å². The second-order valence-electron chi connectivity index (χ2n) is 6.46. The molecule has 11 heteroatoms. The van der Waals surface area contributed by atoms with Gasteiger partial charge in [0.15, 0.2) is 0 Å². The number of para-hydroxylation sites is 2. The molecule has 162 valence electrons. The largest absolute Gasteiger partial charge is 0.495 e. The molecule has 2 aromatic carbocycles. The summed E-state index contributed by atoms with van der Waals surface area (Å²) < 4.78 is 38.5. The molecule has 0 aliphatic heterocycles. The summed E-state index contributed by atoms with van der Waals surface area (Å²) in [5.41, 5.74) is 2.86. The number of hydrogen-bond donors (Lipinski definition) is 2. The Labute approximate surface area is 178 Å². The van der Waals surface area contributed by atoms with Crippen molar-refractivity contribution in [1.82, 2.24) is 0 Å². The molecule has 0 amide bonds. The normalized spacial score (nSPS) is 11.8. The van der Waals surface area contributed by atoms with Crippen LogP contribution in [0.25, 0.3) is 0 Å². The molecule has 3 rings (SSSR count). The van der Waals surface area contributed by atoms with E-state index in [-0.39, 0.29) is 16.3 Å². The van der Waals surface area contributed by atoms with Crippen LogP contribution in [0.4, 0.5) is 17.1 Å². The highest BCUT2D eigenvalue weighted by Gasteiger charge is 2.22. The zero-order valence-electron chi connectivity index (χ0n) is 16.9. The number of nitro benzene ring substituents is 1. The molecular formula is C20H20N4O6S. The minimum atomic E-state index is -4.10. The van der Waals surface area contributed by atoms with Gasteiger partial charge in [0, 0.05) is 6.07 Å². The first-order chi connectivity index (χ1) is 14.7. The summed E-state index contributed by atoms with van der Waals surface area (Å²) in [5.74, 6) is 1.53. The molecule has 1 heterocycles. The van der Waals surface area contributed by atoms with Crippen molar-refractivity contribution in [2.75, 3.05) is 17.3 Å². The fraction of sp³-hybridized carbons (Fsp3) is 0.150. The van der Waals surface area contributed by atoms with Crippen LogP contribution in [0, 0.1) is 17.0 Å². The van der Waals surface area contributed by atoms with Gasteiger partial charge in [0.25, 0.3) is 15.7 Å². The Morgan fingerprint density at radius 1 is 1.13 bits per heavy atom. The predicted octanol–water partition coefficient (Wildman–Crippen LogP) is 4.14. The smallest absolute Gasteiger partial charge is 0.295 e. The van der Waals surface area contributed by atoms with Crippen molar-refractivity contribution in [3.8, 4) is 5.75 Å². The molecule has 0 atom stereocenters. The van der Waals surface area contributed by atoms with Crippen molar-refractivity contribution in [2.24, 2.45) is 5.10 Å². The Morgan fingerprint density at radius 3 is 2.52 bits per heavy atom.